The van der Waals surface area contributed by atoms with Crippen LogP contribution in [-0.2, 0) is 6.18 Å². The normalized spacial score (nSPS) is 11.7. The zero-order valence-electron chi connectivity index (χ0n) is 14.2. The number of nitrogens with zero attached hydrogens (tertiary/aromatic N) is 2. The van der Waals surface area contributed by atoms with Crippen molar-refractivity contribution < 1.29 is 18.0 Å². The molecule has 4 nitrogen and oxygen atoms in total. The van der Waals surface area contributed by atoms with Crippen LogP contribution in [0, 0.1) is 6.92 Å². The molecular formula is C17H18F3N3OS. The maximum absolute atomic E-state index is 12.8. The number of aromatic nitrogens is 2. The number of hydrogen-bond donors (Lipinski definition) is 1. The molecule has 1 heterocycles. The largest absolute Gasteiger partial charge is 0.416 e. The van der Waals surface area contributed by atoms with E-state index in [2.05, 4.69) is 15.3 Å². The summed E-state index contributed by atoms with van der Waals surface area (Å²) in [6.07, 6.45) is -2.68. The molecule has 0 bridgehead atoms. The van der Waals surface area contributed by atoms with E-state index in [0.29, 0.717) is 16.5 Å². The van der Waals surface area contributed by atoms with E-state index in [1.807, 2.05) is 13.8 Å². The number of aryl methyl sites for hydroxylation is 1. The van der Waals surface area contributed by atoms with Gasteiger partial charge in [0.15, 0.2) is 0 Å². The van der Waals surface area contributed by atoms with E-state index in [9.17, 15) is 18.0 Å². The predicted octanol–water partition coefficient (Wildman–Crippen LogP) is 4.90. The van der Waals surface area contributed by atoms with Crippen LogP contribution in [0.2, 0.25) is 0 Å². The van der Waals surface area contributed by atoms with Gasteiger partial charge < -0.3 is 5.32 Å². The van der Waals surface area contributed by atoms with Gasteiger partial charge in [-0.15, -0.1) is 11.8 Å². The monoisotopic (exact) mass is 369 g/mol. The Morgan fingerprint density at radius 2 is 1.92 bits per heavy atom. The summed E-state index contributed by atoms with van der Waals surface area (Å²) in [5, 5.41) is 3.00. The van der Waals surface area contributed by atoms with E-state index in [4.69, 9.17) is 0 Å². The Hall–Kier alpha value is -2.09. The van der Waals surface area contributed by atoms with E-state index in [1.165, 1.54) is 23.9 Å². The number of anilines is 1. The van der Waals surface area contributed by atoms with Gasteiger partial charge in [-0.1, -0.05) is 19.9 Å². The first kappa shape index (κ1) is 19.2. The van der Waals surface area contributed by atoms with Crippen LogP contribution in [0.3, 0.4) is 0 Å². The van der Waals surface area contributed by atoms with Crippen molar-refractivity contribution in [3.63, 3.8) is 0 Å². The van der Waals surface area contributed by atoms with Gasteiger partial charge in [-0.2, -0.15) is 13.2 Å². The van der Waals surface area contributed by atoms with Gasteiger partial charge in [0.05, 0.1) is 16.8 Å². The standard InChI is InChI=1S/C17H18F3N3OS/c1-9(2)14-21-10(3)13(16(23-14)25-4)15(24)22-12-7-5-6-11(8-12)17(18,19)20/h5-9H,1-4H3,(H,22,24). The van der Waals surface area contributed by atoms with E-state index >= 15 is 0 Å². The topological polar surface area (TPSA) is 54.9 Å². The molecule has 2 aromatic rings. The number of carbonyl (C=O) groups excluding carboxylic acids is 1. The second-order valence-corrected chi connectivity index (χ2v) is 6.53. The molecule has 0 saturated heterocycles. The van der Waals surface area contributed by atoms with E-state index in [1.54, 1.807) is 13.2 Å². The minimum Gasteiger partial charge on any atom is -0.322 e. The molecule has 2 rings (SSSR count). The molecule has 25 heavy (non-hydrogen) atoms. The van der Waals surface area contributed by atoms with Crippen LogP contribution in [0.5, 0.6) is 0 Å². The van der Waals surface area contributed by atoms with Gasteiger partial charge in [-0.25, -0.2) is 9.97 Å². The molecular weight excluding hydrogens is 351 g/mol. The number of hydrogen-bond acceptors (Lipinski definition) is 4. The molecule has 0 atom stereocenters. The molecule has 0 spiro atoms. The van der Waals surface area contributed by atoms with E-state index in [0.717, 1.165) is 12.1 Å². The first-order valence-corrected chi connectivity index (χ1v) is 8.77. The molecule has 8 heteroatoms. The van der Waals surface area contributed by atoms with Gasteiger partial charge in [0.2, 0.25) is 0 Å². The number of carbonyl (C=O) groups is 1. The zero-order valence-corrected chi connectivity index (χ0v) is 15.0. The summed E-state index contributed by atoms with van der Waals surface area (Å²) < 4.78 is 38.4. The van der Waals surface area contributed by atoms with Crippen molar-refractivity contribution in [3.05, 3.63) is 46.9 Å². The van der Waals surface area contributed by atoms with Gasteiger partial charge in [0.1, 0.15) is 10.9 Å². The third-order valence-electron chi connectivity index (χ3n) is 3.46. The molecule has 0 aliphatic carbocycles. The smallest absolute Gasteiger partial charge is 0.322 e. The maximum atomic E-state index is 12.8. The Morgan fingerprint density at radius 1 is 1.24 bits per heavy atom. The molecule has 0 aliphatic rings. The summed E-state index contributed by atoms with van der Waals surface area (Å²) in [5.74, 6) is 0.194. The van der Waals surface area contributed by atoms with E-state index in [-0.39, 0.29) is 17.2 Å². The maximum Gasteiger partial charge on any atom is 0.416 e. The van der Waals surface area contributed by atoms with Crippen molar-refractivity contribution in [3.8, 4) is 0 Å². The Morgan fingerprint density at radius 3 is 2.48 bits per heavy atom. The van der Waals surface area contributed by atoms with Crippen molar-refractivity contribution in [1.82, 2.24) is 9.97 Å². The van der Waals surface area contributed by atoms with Crippen molar-refractivity contribution >= 4 is 23.4 Å². The lowest BCUT2D eigenvalue weighted by atomic mass is 10.1. The fourth-order valence-corrected chi connectivity index (χ4v) is 2.83. The molecule has 0 unspecified atom stereocenters. The molecule has 1 N–H and O–H groups in total. The van der Waals surface area contributed by atoms with Crippen LogP contribution < -0.4 is 5.32 Å². The van der Waals surface area contributed by atoms with Crippen molar-refractivity contribution in [2.24, 2.45) is 0 Å². The number of rotatable bonds is 4. The van der Waals surface area contributed by atoms with Crippen molar-refractivity contribution in [2.45, 2.75) is 37.9 Å². The van der Waals surface area contributed by atoms with Crippen LogP contribution in [0.15, 0.2) is 29.3 Å². The van der Waals surface area contributed by atoms with Crippen LogP contribution in [0.4, 0.5) is 18.9 Å². The highest BCUT2D eigenvalue weighted by molar-refractivity contribution is 7.98. The lowest BCUT2D eigenvalue weighted by Gasteiger charge is -2.14. The molecule has 0 aliphatic heterocycles. The molecule has 0 radical (unpaired) electrons. The number of nitrogens with one attached hydrogen (secondary N) is 1. The average Bonchev–Trinajstić information content (AvgIpc) is 2.53. The van der Waals surface area contributed by atoms with Crippen LogP contribution in [0.25, 0.3) is 0 Å². The fraction of sp³-hybridized carbons (Fsp3) is 0.353. The third kappa shape index (κ3) is 4.50. The number of halogens is 3. The molecule has 1 aromatic carbocycles. The predicted molar refractivity (Wildman–Crippen MR) is 92.0 cm³/mol. The fourth-order valence-electron chi connectivity index (χ4n) is 2.20. The van der Waals surface area contributed by atoms with Crippen LogP contribution in [-0.4, -0.2) is 22.1 Å². The Bertz CT molecular complexity index is 791. The average molecular weight is 369 g/mol. The number of alkyl halides is 3. The van der Waals surface area contributed by atoms with Crippen LogP contribution in [0.1, 0.15) is 47.2 Å². The minimum absolute atomic E-state index is 0.0687. The van der Waals surface area contributed by atoms with E-state index < -0.39 is 17.6 Å². The molecule has 1 aromatic heterocycles. The Balaban J connectivity index is 2.36. The SMILES string of the molecule is CSc1nc(C(C)C)nc(C)c1C(=O)Nc1cccc(C(F)(F)F)c1. The highest BCUT2D eigenvalue weighted by Crippen LogP contribution is 2.31. The van der Waals surface area contributed by atoms with Gasteiger partial charge in [-0.05, 0) is 31.4 Å². The van der Waals surface area contributed by atoms with Crippen molar-refractivity contribution in [2.75, 3.05) is 11.6 Å². The third-order valence-corrected chi connectivity index (χ3v) is 4.14. The minimum atomic E-state index is -4.47. The molecule has 134 valence electrons. The number of amides is 1. The van der Waals surface area contributed by atoms with Gasteiger partial charge >= 0.3 is 6.18 Å². The number of thioether (sulfide) groups is 1. The van der Waals surface area contributed by atoms with Gasteiger partial charge in [-0.3, -0.25) is 4.79 Å². The van der Waals surface area contributed by atoms with Crippen LogP contribution >= 0.6 is 11.8 Å². The van der Waals surface area contributed by atoms with Crippen molar-refractivity contribution in [1.29, 1.82) is 0 Å². The van der Waals surface area contributed by atoms with Gasteiger partial charge in [0, 0.05) is 11.6 Å². The highest BCUT2D eigenvalue weighted by Gasteiger charge is 2.30. The summed E-state index contributed by atoms with van der Waals surface area (Å²) in [6, 6.07) is 4.51. The second-order valence-electron chi connectivity index (χ2n) is 5.74. The van der Waals surface area contributed by atoms with Gasteiger partial charge in [0.25, 0.3) is 5.91 Å². The lowest BCUT2D eigenvalue weighted by Crippen LogP contribution is -2.18. The Labute approximate surface area is 148 Å². The molecule has 0 saturated carbocycles. The summed E-state index contributed by atoms with van der Waals surface area (Å²) >= 11 is 1.30. The Kier molecular flexibility index (Phi) is 5.72. The summed E-state index contributed by atoms with van der Waals surface area (Å²) in [5.41, 5.74) is 0.0135. The first-order chi connectivity index (χ1) is 11.6. The quantitative estimate of drug-likeness (QED) is 0.615. The molecule has 0 fully saturated rings. The summed E-state index contributed by atoms with van der Waals surface area (Å²) in [7, 11) is 0. The highest BCUT2D eigenvalue weighted by atomic mass is 32.2. The summed E-state index contributed by atoms with van der Waals surface area (Å²) in [6.45, 7) is 5.58. The summed E-state index contributed by atoms with van der Waals surface area (Å²) in [4.78, 5) is 21.3. The number of benzene rings is 1. The zero-order chi connectivity index (χ0) is 18.8. The lowest BCUT2D eigenvalue weighted by molar-refractivity contribution is -0.137. The second kappa shape index (κ2) is 7.43. The first-order valence-electron chi connectivity index (χ1n) is 7.54. The molecule has 1 amide bonds.